The monoisotopic (exact) mass is 315 g/mol. The average molecular weight is 315 g/mol. The summed E-state index contributed by atoms with van der Waals surface area (Å²) < 4.78 is 10.4. The summed E-state index contributed by atoms with van der Waals surface area (Å²) in [6.07, 6.45) is 2.94. The molecule has 1 atom stereocenters. The number of aryl methyl sites for hydroxylation is 2. The van der Waals surface area contributed by atoms with Gasteiger partial charge in [0.25, 0.3) is 11.8 Å². The molecule has 0 N–H and O–H groups in total. The predicted molar refractivity (Wildman–Crippen MR) is 85.0 cm³/mol. The van der Waals surface area contributed by atoms with Crippen molar-refractivity contribution in [1.82, 2.24) is 10.1 Å². The van der Waals surface area contributed by atoms with Crippen LogP contribution in [0.5, 0.6) is 0 Å². The van der Waals surface area contributed by atoms with Crippen LogP contribution >= 0.6 is 0 Å². The van der Waals surface area contributed by atoms with Gasteiger partial charge in [0.05, 0.1) is 0 Å². The summed E-state index contributed by atoms with van der Waals surface area (Å²) >= 11 is 0. The zero-order valence-electron chi connectivity index (χ0n) is 13.5. The first-order chi connectivity index (χ1) is 11.2. The second-order valence-corrected chi connectivity index (χ2v) is 5.72. The van der Waals surface area contributed by atoms with E-state index in [1.165, 1.54) is 5.56 Å². The van der Waals surface area contributed by atoms with E-state index < -0.39 is 0 Å². The van der Waals surface area contributed by atoms with Gasteiger partial charge in [-0.15, -0.1) is 0 Å². The van der Waals surface area contributed by atoms with Crippen molar-refractivity contribution in [3.63, 3.8) is 0 Å². The van der Waals surface area contributed by atoms with E-state index in [-0.39, 0.29) is 25.2 Å². The fraction of sp³-hybridized carbons (Fsp3) is 0.471. The van der Waals surface area contributed by atoms with Gasteiger partial charge >= 0.3 is 0 Å². The van der Waals surface area contributed by atoms with Crippen LogP contribution in [-0.4, -0.2) is 28.7 Å². The van der Waals surface area contributed by atoms with Crippen molar-refractivity contribution in [2.24, 2.45) is 0 Å². The minimum atomic E-state index is -0.0276. The molecule has 1 aliphatic rings. The predicted octanol–water partition coefficient (Wildman–Crippen LogP) is 2.65. The molecule has 1 aromatic carbocycles. The van der Waals surface area contributed by atoms with Gasteiger partial charge < -0.3 is 14.2 Å². The molecule has 1 aromatic heterocycles. The third-order valence-corrected chi connectivity index (χ3v) is 4.12. The summed E-state index contributed by atoms with van der Waals surface area (Å²) in [6, 6.07) is 8.31. The first-order valence-corrected chi connectivity index (χ1v) is 7.96. The molecule has 0 aliphatic carbocycles. The average Bonchev–Trinajstić information content (AvgIpc) is 2.98. The van der Waals surface area contributed by atoms with Crippen molar-refractivity contribution in [1.29, 1.82) is 0 Å². The van der Waals surface area contributed by atoms with E-state index in [1.54, 1.807) is 6.92 Å². The van der Waals surface area contributed by atoms with Gasteiger partial charge in [0.2, 0.25) is 0 Å². The van der Waals surface area contributed by atoms with E-state index in [4.69, 9.17) is 9.26 Å². The summed E-state index contributed by atoms with van der Waals surface area (Å²) in [5, 5.41) is 3.70. The van der Waals surface area contributed by atoms with E-state index in [1.807, 2.05) is 23.1 Å². The smallest absolute Gasteiger partial charge is 0.253 e. The van der Waals surface area contributed by atoms with Gasteiger partial charge in [-0.05, 0) is 37.8 Å². The number of aromatic nitrogens is 2. The van der Waals surface area contributed by atoms with Crippen LogP contribution < -0.4 is 4.90 Å². The number of hydrogen-bond acceptors (Lipinski definition) is 5. The summed E-state index contributed by atoms with van der Waals surface area (Å²) in [5.74, 6) is 0.924. The topological polar surface area (TPSA) is 68.5 Å². The first-order valence-electron chi connectivity index (χ1n) is 7.96. The van der Waals surface area contributed by atoms with Gasteiger partial charge in [-0.25, -0.2) is 0 Å². The number of nitrogens with zero attached hydrogens (tertiary/aromatic N) is 3. The normalized spacial score (nSPS) is 17.1. The Kier molecular flexibility index (Phi) is 4.71. The second kappa shape index (κ2) is 6.91. The number of fused-ring (bicyclic) bond motifs is 1. The van der Waals surface area contributed by atoms with Crippen LogP contribution in [0.2, 0.25) is 0 Å². The molecule has 1 aliphatic heterocycles. The molecule has 2 heterocycles. The minimum absolute atomic E-state index is 0.00621. The van der Waals surface area contributed by atoms with Gasteiger partial charge in [0.15, 0.2) is 5.82 Å². The van der Waals surface area contributed by atoms with Crippen LogP contribution in [0.4, 0.5) is 5.69 Å². The number of anilines is 1. The molecule has 0 radical (unpaired) electrons. The van der Waals surface area contributed by atoms with Crippen LogP contribution in [0.3, 0.4) is 0 Å². The highest BCUT2D eigenvalue weighted by Gasteiger charge is 2.29. The molecule has 2 aromatic rings. The van der Waals surface area contributed by atoms with Gasteiger partial charge in [0.1, 0.15) is 13.2 Å². The summed E-state index contributed by atoms with van der Waals surface area (Å²) in [6.45, 7) is 4.01. The van der Waals surface area contributed by atoms with E-state index in [0.29, 0.717) is 11.7 Å². The Hall–Kier alpha value is -2.21. The third-order valence-electron chi connectivity index (χ3n) is 4.12. The van der Waals surface area contributed by atoms with Gasteiger partial charge in [0, 0.05) is 11.7 Å². The largest absolute Gasteiger partial charge is 0.362 e. The SMILES string of the molecule is CC[C@H]1CCc2ccccc2N1C(=O)COCc1nc(C)no1. The highest BCUT2D eigenvalue weighted by Crippen LogP contribution is 2.31. The van der Waals surface area contributed by atoms with E-state index in [2.05, 4.69) is 23.1 Å². The Bertz CT molecular complexity index is 683. The number of carbonyl (C=O) groups excluding carboxylic acids is 1. The van der Waals surface area contributed by atoms with Crippen LogP contribution in [0, 0.1) is 6.92 Å². The molecule has 0 spiro atoms. The third kappa shape index (κ3) is 3.42. The lowest BCUT2D eigenvalue weighted by molar-refractivity contribution is -0.124. The van der Waals surface area contributed by atoms with Crippen LogP contribution in [0.15, 0.2) is 28.8 Å². The van der Waals surface area contributed by atoms with Crippen LogP contribution in [0.25, 0.3) is 0 Å². The maximum atomic E-state index is 12.7. The Balaban J connectivity index is 1.67. The molecule has 122 valence electrons. The molecule has 0 saturated heterocycles. The maximum Gasteiger partial charge on any atom is 0.253 e. The standard InChI is InChI=1S/C17H21N3O3/c1-3-14-9-8-13-6-4-5-7-15(13)20(14)17(21)11-22-10-16-18-12(2)19-23-16/h4-7,14H,3,8-11H2,1-2H3/t14-/m0/s1. The van der Waals surface area contributed by atoms with Crippen molar-refractivity contribution in [2.75, 3.05) is 11.5 Å². The van der Waals surface area contributed by atoms with E-state index in [9.17, 15) is 4.79 Å². The number of ether oxygens (including phenoxy) is 1. The summed E-state index contributed by atoms with van der Waals surface area (Å²) in [4.78, 5) is 18.6. The fourth-order valence-corrected chi connectivity index (χ4v) is 3.02. The van der Waals surface area contributed by atoms with Crippen molar-refractivity contribution in [3.8, 4) is 0 Å². The van der Waals surface area contributed by atoms with Crippen molar-refractivity contribution >= 4 is 11.6 Å². The summed E-state index contributed by atoms with van der Waals surface area (Å²) in [7, 11) is 0. The van der Waals surface area contributed by atoms with Crippen molar-refractivity contribution in [3.05, 3.63) is 41.5 Å². The highest BCUT2D eigenvalue weighted by atomic mass is 16.5. The Morgan fingerprint density at radius 1 is 1.43 bits per heavy atom. The number of hydrogen-bond donors (Lipinski definition) is 0. The lowest BCUT2D eigenvalue weighted by Crippen LogP contribution is -2.45. The van der Waals surface area contributed by atoms with Crippen molar-refractivity contribution in [2.45, 2.75) is 45.8 Å². The zero-order chi connectivity index (χ0) is 16.2. The van der Waals surface area contributed by atoms with E-state index >= 15 is 0 Å². The number of benzene rings is 1. The molecular formula is C17H21N3O3. The molecular weight excluding hydrogens is 294 g/mol. The number of para-hydroxylation sites is 1. The quantitative estimate of drug-likeness (QED) is 0.848. The molecule has 6 heteroatoms. The Morgan fingerprint density at radius 2 is 2.26 bits per heavy atom. The zero-order valence-corrected chi connectivity index (χ0v) is 13.5. The molecule has 0 unspecified atom stereocenters. The number of carbonyl (C=O) groups is 1. The molecule has 0 bridgehead atoms. The molecule has 6 nitrogen and oxygen atoms in total. The molecule has 0 saturated carbocycles. The van der Waals surface area contributed by atoms with Crippen LogP contribution in [-0.2, 0) is 22.6 Å². The first kappa shape index (κ1) is 15.7. The highest BCUT2D eigenvalue weighted by molar-refractivity contribution is 5.96. The van der Waals surface area contributed by atoms with Gasteiger partial charge in [-0.3, -0.25) is 4.79 Å². The Morgan fingerprint density at radius 3 is 3.00 bits per heavy atom. The maximum absolute atomic E-state index is 12.7. The second-order valence-electron chi connectivity index (χ2n) is 5.72. The summed E-state index contributed by atoms with van der Waals surface area (Å²) in [5.41, 5.74) is 2.23. The molecule has 0 fully saturated rings. The molecule has 1 amide bonds. The lowest BCUT2D eigenvalue weighted by atomic mass is 9.94. The van der Waals surface area contributed by atoms with Gasteiger partial charge in [-0.1, -0.05) is 30.3 Å². The fourth-order valence-electron chi connectivity index (χ4n) is 3.02. The van der Waals surface area contributed by atoms with E-state index in [0.717, 1.165) is 24.9 Å². The molecule has 23 heavy (non-hydrogen) atoms. The van der Waals surface area contributed by atoms with Gasteiger partial charge in [-0.2, -0.15) is 4.98 Å². The number of rotatable bonds is 5. The minimum Gasteiger partial charge on any atom is -0.362 e. The lowest BCUT2D eigenvalue weighted by Gasteiger charge is -2.36. The van der Waals surface area contributed by atoms with Crippen molar-refractivity contribution < 1.29 is 14.1 Å². The Labute approximate surface area is 135 Å². The van der Waals surface area contributed by atoms with Crippen LogP contribution in [0.1, 0.15) is 37.0 Å². The molecule has 3 rings (SSSR count). The number of amides is 1.